The third kappa shape index (κ3) is 2.75. The monoisotopic (exact) mass is 283 g/mol. The lowest BCUT2D eigenvalue weighted by Crippen LogP contribution is -2.05. The van der Waals surface area contributed by atoms with Gasteiger partial charge in [-0.05, 0) is 42.7 Å². The first-order valence-electron chi connectivity index (χ1n) is 6.67. The second kappa shape index (κ2) is 5.51. The van der Waals surface area contributed by atoms with E-state index in [1.165, 1.54) is 11.1 Å². The highest BCUT2D eigenvalue weighted by molar-refractivity contribution is 7.22. The van der Waals surface area contributed by atoms with Gasteiger partial charge in [0.25, 0.3) is 0 Å². The van der Waals surface area contributed by atoms with Crippen molar-refractivity contribution in [1.82, 2.24) is 4.98 Å². The standard InChI is InChI=1S/C16H17N3S/c1-11-4-2-3-5-12(11)8-9-18-16-19-14-7-6-13(17)10-15(14)20-16/h2-7,10H,8-9,17H2,1H3,(H,18,19). The maximum atomic E-state index is 5.78. The molecule has 0 fully saturated rings. The maximum absolute atomic E-state index is 5.78. The van der Waals surface area contributed by atoms with E-state index in [0.717, 1.165) is 34.0 Å². The van der Waals surface area contributed by atoms with Gasteiger partial charge in [0.15, 0.2) is 5.13 Å². The van der Waals surface area contributed by atoms with E-state index in [9.17, 15) is 0 Å². The van der Waals surface area contributed by atoms with Crippen LogP contribution in [-0.4, -0.2) is 11.5 Å². The maximum Gasteiger partial charge on any atom is 0.183 e. The lowest BCUT2D eigenvalue weighted by Gasteiger charge is -2.05. The van der Waals surface area contributed by atoms with Crippen molar-refractivity contribution in [2.75, 3.05) is 17.6 Å². The Morgan fingerprint density at radius 3 is 2.90 bits per heavy atom. The van der Waals surface area contributed by atoms with Crippen molar-refractivity contribution in [3.8, 4) is 0 Å². The van der Waals surface area contributed by atoms with Crippen molar-refractivity contribution in [3.05, 3.63) is 53.6 Å². The molecule has 0 spiro atoms. The Hall–Kier alpha value is -2.07. The van der Waals surface area contributed by atoms with Gasteiger partial charge in [0.2, 0.25) is 0 Å². The van der Waals surface area contributed by atoms with Gasteiger partial charge in [0.1, 0.15) is 0 Å². The molecule has 2 aromatic carbocycles. The van der Waals surface area contributed by atoms with Crippen LogP contribution in [-0.2, 0) is 6.42 Å². The summed E-state index contributed by atoms with van der Waals surface area (Å²) in [5, 5.41) is 4.35. The topological polar surface area (TPSA) is 50.9 Å². The molecule has 0 aliphatic heterocycles. The lowest BCUT2D eigenvalue weighted by atomic mass is 10.1. The van der Waals surface area contributed by atoms with E-state index in [-0.39, 0.29) is 0 Å². The number of hydrogen-bond acceptors (Lipinski definition) is 4. The molecule has 0 aliphatic rings. The molecule has 3 nitrogen and oxygen atoms in total. The fourth-order valence-corrected chi connectivity index (χ4v) is 3.15. The van der Waals surface area contributed by atoms with Crippen LogP contribution in [0.15, 0.2) is 42.5 Å². The summed E-state index contributed by atoms with van der Waals surface area (Å²) in [6, 6.07) is 14.3. The van der Waals surface area contributed by atoms with Crippen LogP contribution in [0.1, 0.15) is 11.1 Å². The first kappa shape index (κ1) is 12.9. The molecule has 0 unspecified atom stereocenters. The van der Waals surface area contributed by atoms with Crippen molar-refractivity contribution < 1.29 is 0 Å². The van der Waals surface area contributed by atoms with E-state index in [0.29, 0.717) is 0 Å². The highest BCUT2D eigenvalue weighted by Gasteiger charge is 2.04. The first-order valence-corrected chi connectivity index (χ1v) is 7.48. The molecule has 20 heavy (non-hydrogen) atoms. The molecule has 0 amide bonds. The quantitative estimate of drug-likeness (QED) is 0.715. The Balaban J connectivity index is 1.67. The zero-order chi connectivity index (χ0) is 13.9. The van der Waals surface area contributed by atoms with Gasteiger partial charge in [-0.15, -0.1) is 0 Å². The Morgan fingerprint density at radius 1 is 1.20 bits per heavy atom. The summed E-state index contributed by atoms with van der Waals surface area (Å²) < 4.78 is 1.13. The molecule has 102 valence electrons. The van der Waals surface area contributed by atoms with E-state index in [1.807, 2.05) is 18.2 Å². The number of rotatable bonds is 4. The number of nitrogen functional groups attached to an aromatic ring is 1. The third-order valence-corrected chi connectivity index (χ3v) is 4.32. The number of fused-ring (bicyclic) bond motifs is 1. The normalized spacial score (nSPS) is 10.8. The number of anilines is 2. The lowest BCUT2D eigenvalue weighted by molar-refractivity contribution is 1.00. The highest BCUT2D eigenvalue weighted by atomic mass is 32.1. The van der Waals surface area contributed by atoms with Gasteiger partial charge in [-0.3, -0.25) is 0 Å². The summed E-state index contributed by atoms with van der Waals surface area (Å²) in [6.45, 7) is 3.04. The molecule has 3 rings (SSSR count). The van der Waals surface area contributed by atoms with E-state index in [1.54, 1.807) is 11.3 Å². The zero-order valence-electron chi connectivity index (χ0n) is 11.4. The highest BCUT2D eigenvalue weighted by Crippen LogP contribution is 2.27. The summed E-state index contributed by atoms with van der Waals surface area (Å²) in [5.74, 6) is 0. The Bertz CT molecular complexity index is 733. The number of nitrogens with zero attached hydrogens (tertiary/aromatic N) is 1. The van der Waals surface area contributed by atoms with Crippen LogP contribution in [0.25, 0.3) is 10.2 Å². The average Bonchev–Trinajstić information content (AvgIpc) is 2.83. The fourth-order valence-electron chi connectivity index (χ4n) is 2.21. The van der Waals surface area contributed by atoms with Gasteiger partial charge in [0.05, 0.1) is 10.2 Å². The number of nitrogens with two attached hydrogens (primary N) is 1. The smallest absolute Gasteiger partial charge is 0.183 e. The first-order chi connectivity index (χ1) is 9.72. The molecule has 0 aliphatic carbocycles. The summed E-state index contributed by atoms with van der Waals surface area (Å²) in [6.07, 6.45) is 1.00. The van der Waals surface area contributed by atoms with Crippen molar-refractivity contribution in [1.29, 1.82) is 0 Å². The van der Waals surface area contributed by atoms with Crippen molar-refractivity contribution in [2.24, 2.45) is 0 Å². The van der Waals surface area contributed by atoms with Gasteiger partial charge in [-0.1, -0.05) is 35.6 Å². The van der Waals surface area contributed by atoms with Gasteiger partial charge >= 0.3 is 0 Å². The number of nitrogens with one attached hydrogen (secondary N) is 1. The average molecular weight is 283 g/mol. The second-order valence-corrected chi connectivity index (χ2v) is 5.88. The molecule has 0 saturated carbocycles. The molecule has 1 aromatic heterocycles. The number of aryl methyl sites for hydroxylation is 1. The van der Waals surface area contributed by atoms with Crippen molar-refractivity contribution in [2.45, 2.75) is 13.3 Å². The van der Waals surface area contributed by atoms with Gasteiger partial charge in [-0.25, -0.2) is 4.98 Å². The third-order valence-electron chi connectivity index (χ3n) is 3.34. The van der Waals surface area contributed by atoms with E-state index < -0.39 is 0 Å². The van der Waals surface area contributed by atoms with E-state index in [2.05, 4.69) is 41.5 Å². The molecule has 4 heteroatoms. The summed E-state index contributed by atoms with van der Waals surface area (Å²) in [7, 11) is 0. The zero-order valence-corrected chi connectivity index (χ0v) is 12.2. The molecular formula is C16H17N3S. The Morgan fingerprint density at radius 2 is 2.05 bits per heavy atom. The van der Waals surface area contributed by atoms with Crippen LogP contribution in [0.4, 0.5) is 10.8 Å². The van der Waals surface area contributed by atoms with Crippen LogP contribution in [0, 0.1) is 6.92 Å². The molecule has 3 N–H and O–H groups in total. The largest absolute Gasteiger partial charge is 0.399 e. The van der Waals surface area contributed by atoms with Crippen LogP contribution in [0.5, 0.6) is 0 Å². The Labute approximate surface area is 122 Å². The number of thiazole rings is 1. The van der Waals surface area contributed by atoms with E-state index >= 15 is 0 Å². The molecule has 0 atom stereocenters. The van der Waals surface area contributed by atoms with Crippen LogP contribution < -0.4 is 11.1 Å². The number of aromatic nitrogens is 1. The number of benzene rings is 2. The SMILES string of the molecule is Cc1ccccc1CCNc1nc2ccc(N)cc2s1. The van der Waals surface area contributed by atoms with Gasteiger partial charge < -0.3 is 11.1 Å². The summed E-state index contributed by atoms with van der Waals surface area (Å²) in [4.78, 5) is 4.56. The minimum absolute atomic E-state index is 0.785. The van der Waals surface area contributed by atoms with Gasteiger partial charge in [0, 0.05) is 12.2 Å². The number of hydrogen-bond donors (Lipinski definition) is 2. The molecule has 3 aromatic rings. The molecule has 0 radical (unpaired) electrons. The fraction of sp³-hybridized carbons (Fsp3) is 0.188. The molecule has 1 heterocycles. The molecule has 0 bridgehead atoms. The second-order valence-electron chi connectivity index (χ2n) is 4.85. The van der Waals surface area contributed by atoms with Crippen LogP contribution in [0.3, 0.4) is 0 Å². The molecule has 0 saturated heterocycles. The van der Waals surface area contributed by atoms with Crippen molar-refractivity contribution >= 4 is 32.4 Å². The minimum Gasteiger partial charge on any atom is -0.399 e. The van der Waals surface area contributed by atoms with Crippen molar-refractivity contribution in [3.63, 3.8) is 0 Å². The summed E-state index contributed by atoms with van der Waals surface area (Å²) in [5.41, 5.74) is 10.3. The predicted molar refractivity (Wildman–Crippen MR) is 87.4 cm³/mol. The summed E-state index contributed by atoms with van der Waals surface area (Å²) >= 11 is 1.65. The van der Waals surface area contributed by atoms with Crippen LogP contribution in [0.2, 0.25) is 0 Å². The van der Waals surface area contributed by atoms with Crippen LogP contribution >= 0.6 is 11.3 Å². The Kier molecular flexibility index (Phi) is 3.56. The minimum atomic E-state index is 0.785. The van der Waals surface area contributed by atoms with E-state index in [4.69, 9.17) is 5.73 Å². The predicted octanol–water partition coefficient (Wildman–Crippen LogP) is 3.84. The van der Waals surface area contributed by atoms with Gasteiger partial charge in [-0.2, -0.15) is 0 Å². The molecular weight excluding hydrogens is 266 g/mol.